The summed E-state index contributed by atoms with van der Waals surface area (Å²) in [7, 11) is 0. The van der Waals surface area contributed by atoms with Crippen LogP contribution in [0.2, 0.25) is 0 Å². The Kier molecular flexibility index (Phi) is 4.59. The SMILES string of the molecule is Cc1ccc(C(=O)NC2CCOCC2)cc1[C@@H]1C[C@H]1NCC1CC1. The first-order valence-corrected chi connectivity index (χ1v) is 9.43. The van der Waals surface area contributed by atoms with Crippen LogP contribution in [0, 0.1) is 12.8 Å². The fourth-order valence-electron chi connectivity index (χ4n) is 3.70. The Balaban J connectivity index is 1.38. The van der Waals surface area contributed by atoms with Crippen molar-refractivity contribution >= 4 is 5.91 Å². The number of amides is 1. The molecule has 3 fully saturated rings. The molecule has 24 heavy (non-hydrogen) atoms. The van der Waals surface area contributed by atoms with E-state index in [9.17, 15) is 4.79 Å². The lowest BCUT2D eigenvalue weighted by atomic mass is 10.00. The highest BCUT2D eigenvalue weighted by Crippen LogP contribution is 2.43. The van der Waals surface area contributed by atoms with Crippen LogP contribution in [0.25, 0.3) is 0 Å². The third-order valence-corrected chi connectivity index (χ3v) is 5.65. The van der Waals surface area contributed by atoms with Crippen LogP contribution in [0.5, 0.6) is 0 Å². The van der Waals surface area contributed by atoms with E-state index >= 15 is 0 Å². The van der Waals surface area contributed by atoms with E-state index < -0.39 is 0 Å². The van der Waals surface area contributed by atoms with E-state index in [0.29, 0.717) is 12.0 Å². The lowest BCUT2D eigenvalue weighted by Gasteiger charge is -2.23. The highest BCUT2D eigenvalue weighted by atomic mass is 16.5. The van der Waals surface area contributed by atoms with Gasteiger partial charge in [-0.2, -0.15) is 0 Å². The second kappa shape index (κ2) is 6.85. The van der Waals surface area contributed by atoms with E-state index in [1.54, 1.807) is 0 Å². The summed E-state index contributed by atoms with van der Waals surface area (Å²) in [5.74, 6) is 1.56. The van der Waals surface area contributed by atoms with Crippen molar-refractivity contribution in [2.24, 2.45) is 5.92 Å². The Morgan fingerprint density at radius 3 is 2.75 bits per heavy atom. The van der Waals surface area contributed by atoms with Crippen LogP contribution >= 0.6 is 0 Å². The number of benzene rings is 1. The van der Waals surface area contributed by atoms with Crippen LogP contribution in [-0.4, -0.2) is 37.7 Å². The average molecular weight is 328 g/mol. The van der Waals surface area contributed by atoms with Gasteiger partial charge in [0.15, 0.2) is 0 Å². The summed E-state index contributed by atoms with van der Waals surface area (Å²) in [5, 5.41) is 6.86. The number of ether oxygens (including phenoxy) is 1. The third kappa shape index (κ3) is 3.81. The van der Waals surface area contributed by atoms with Crippen molar-refractivity contribution in [3.8, 4) is 0 Å². The van der Waals surface area contributed by atoms with Crippen LogP contribution in [0.1, 0.15) is 59.5 Å². The zero-order chi connectivity index (χ0) is 16.5. The molecule has 4 nitrogen and oxygen atoms in total. The molecule has 0 spiro atoms. The molecule has 1 heterocycles. The van der Waals surface area contributed by atoms with E-state index in [1.807, 2.05) is 6.07 Å². The van der Waals surface area contributed by atoms with Gasteiger partial charge in [0.25, 0.3) is 5.91 Å². The topological polar surface area (TPSA) is 50.4 Å². The number of hydrogen-bond donors (Lipinski definition) is 2. The minimum absolute atomic E-state index is 0.0614. The highest BCUT2D eigenvalue weighted by Gasteiger charge is 2.40. The summed E-state index contributed by atoms with van der Waals surface area (Å²) < 4.78 is 5.36. The van der Waals surface area contributed by atoms with Gasteiger partial charge in [-0.3, -0.25) is 4.79 Å². The van der Waals surface area contributed by atoms with Crippen LogP contribution in [-0.2, 0) is 4.74 Å². The highest BCUT2D eigenvalue weighted by molar-refractivity contribution is 5.94. The second-order valence-electron chi connectivity index (χ2n) is 7.73. The molecule has 0 aromatic heterocycles. The Labute approximate surface area is 144 Å². The largest absolute Gasteiger partial charge is 0.381 e. The lowest BCUT2D eigenvalue weighted by Crippen LogP contribution is -2.38. The van der Waals surface area contributed by atoms with Crippen molar-refractivity contribution in [3.63, 3.8) is 0 Å². The number of carbonyl (C=O) groups excluding carboxylic acids is 1. The van der Waals surface area contributed by atoms with Crippen molar-refractivity contribution < 1.29 is 9.53 Å². The van der Waals surface area contributed by atoms with Gasteiger partial charge < -0.3 is 15.4 Å². The Hall–Kier alpha value is -1.39. The summed E-state index contributed by atoms with van der Waals surface area (Å²) in [6, 6.07) is 7.04. The standard InChI is InChI=1S/C20H28N2O2/c1-13-2-5-15(20(23)22-16-6-8-24-9-7-16)10-17(13)18-11-19(18)21-12-14-3-4-14/h2,5,10,14,16,18-19,21H,3-4,6-9,11-12H2,1H3,(H,22,23)/t18-,19+/m0/s1. The molecule has 1 aromatic carbocycles. The molecular weight excluding hydrogens is 300 g/mol. The zero-order valence-corrected chi connectivity index (χ0v) is 14.5. The molecule has 1 saturated heterocycles. The molecule has 2 atom stereocenters. The van der Waals surface area contributed by atoms with Crippen molar-refractivity contribution in [1.29, 1.82) is 0 Å². The maximum Gasteiger partial charge on any atom is 0.251 e. The van der Waals surface area contributed by atoms with Gasteiger partial charge in [-0.05, 0) is 74.8 Å². The van der Waals surface area contributed by atoms with Gasteiger partial charge in [-0.1, -0.05) is 6.07 Å². The molecule has 4 rings (SSSR count). The van der Waals surface area contributed by atoms with Crippen LogP contribution in [0.4, 0.5) is 0 Å². The minimum atomic E-state index is 0.0614. The molecule has 0 bridgehead atoms. The van der Waals surface area contributed by atoms with E-state index in [4.69, 9.17) is 4.74 Å². The summed E-state index contributed by atoms with van der Waals surface area (Å²) in [6.07, 6.45) is 5.83. The molecular formula is C20H28N2O2. The van der Waals surface area contributed by atoms with Crippen molar-refractivity contribution in [3.05, 3.63) is 34.9 Å². The number of hydrogen-bond acceptors (Lipinski definition) is 3. The predicted octanol–water partition coefficient (Wildman–Crippen LogP) is 2.76. The first-order valence-electron chi connectivity index (χ1n) is 9.43. The molecule has 1 aromatic rings. The van der Waals surface area contributed by atoms with E-state index in [2.05, 4.69) is 29.7 Å². The van der Waals surface area contributed by atoms with E-state index in [0.717, 1.165) is 37.5 Å². The average Bonchev–Trinajstić information content (AvgIpc) is 3.49. The zero-order valence-electron chi connectivity index (χ0n) is 14.5. The first kappa shape index (κ1) is 16.1. The van der Waals surface area contributed by atoms with Gasteiger partial charge in [0, 0.05) is 36.8 Å². The second-order valence-corrected chi connectivity index (χ2v) is 7.73. The normalized spacial score (nSPS) is 27.0. The Morgan fingerprint density at radius 2 is 2.00 bits per heavy atom. The monoisotopic (exact) mass is 328 g/mol. The maximum atomic E-state index is 12.6. The Bertz CT molecular complexity index is 606. The van der Waals surface area contributed by atoms with Crippen molar-refractivity contribution in [2.45, 2.75) is 57.0 Å². The summed E-state index contributed by atoms with van der Waals surface area (Å²) in [5.41, 5.74) is 3.45. The molecule has 0 unspecified atom stereocenters. The van der Waals surface area contributed by atoms with Gasteiger partial charge >= 0.3 is 0 Å². The first-order chi connectivity index (χ1) is 11.7. The van der Waals surface area contributed by atoms with Gasteiger partial charge in [0.2, 0.25) is 0 Å². The molecule has 0 radical (unpaired) electrons. The van der Waals surface area contributed by atoms with Gasteiger partial charge in [-0.15, -0.1) is 0 Å². The molecule has 2 aliphatic carbocycles. The van der Waals surface area contributed by atoms with Crippen molar-refractivity contribution in [1.82, 2.24) is 10.6 Å². The van der Waals surface area contributed by atoms with E-state index in [1.165, 1.54) is 36.9 Å². The van der Waals surface area contributed by atoms with Gasteiger partial charge in [0.1, 0.15) is 0 Å². The molecule has 1 amide bonds. The number of carbonyl (C=O) groups is 1. The minimum Gasteiger partial charge on any atom is -0.381 e. The maximum absolute atomic E-state index is 12.6. The molecule has 2 N–H and O–H groups in total. The number of nitrogens with one attached hydrogen (secondary N) is 2. The number of aryl methyl sites for hydroxylation is 1. The quantitative estimate of drug-likeness (QED) is 0.844. The molecule has 3 aliphatic rings. The summed E-state index contributed by atoms with van der Waals surface area (Å²) in [6.45, 7) is 4.83. The third-order valence-electron chi connectivity index (χ3n) is 5.65. The van der Waals surface area contributed by atoms with Gasteiger partial charge in [-0.25, -0.2) is 0 Å². The fraction of sp³-hybridized carbons (Fsp3) is 0.650. The summed E-state index contributed by atoms with van der Waals surface area (Å²) in [4.78, 5) is 12.6. The summed E-state index contributed by atoms with van der Waals surface area (Å²) >= 11 is 0. The predicted molar refractivity (Wildman–Crippen MR) is 94.4 cm³/mol. The van der Waals surface area contributed by atoms with Crippen LogP contribution < -0.4 is 10.6 Å². The van der Waals surface area contributed by atoms with E-state index in [-0.39, 0.29) is 11.9 Å². The smallest absolute Gasteiger partial charge is 0.251 e. The number of rotatable bonds is 6. The molecule has 1 aliphatic heterocycles. The molecule has 2 saturated carbocycles. The van der Waals surface area contributed by atoms with Crippen molar-refractivity contribution in [2.75, 3.05) is 19.8 Å². The Morgan fingerprint density at radius 1 is 1.21 bits per heavy atom. The molecule has 130 valence electrons. The lowest BCUT2D eigenvalue weighted by molar-refractivity contribution is 0.0696. The van der Waals surface area contributed by atoms with Crippen LogP contribution in [0.3, 0.4) is 0 Å². The van der Waals surface area contributed by atoms with Crippen LogP contribution in [0.15, 0.2) is 18.2 Å². The molecule has 4 heteroatoms. The van der Waals surface area contributed by atoms with Gasteiger partial charge in [0.05, 0.1) is 0 Å². The fourth-order valence-corrected chi connectivity index (χ4v) is 3.70.